The van der Waals surface area contributed by atoms with Crippen LogP contribution in [0.5, 0.6) is 0 Å². The van der Waals surface area contributed by atoms with Crippen molar-refractivity contribution in [1.82, 2.24) is 0 Å². The highest BCUT2D eigenvalue weighted by molar-refractivity contribution is 5.49. The third-order valence-corrected chi connectivity index (χ3v) is 3.66. The van der Waals surface area contributed by atoms with Gasteiger partial charge in [-0.25, -0.2) is 0 Å². The molecule has 21 heavy (non-hydrogen) atoms. The number of hydrogen-bond acceptors (Lipinski definition) is 3. The molecule has 0 radical (unpaired) electrons. The highest BCUT2D eigenvalue weighted by Gasteiger charge is 2.03. The molecular formula is C18H30N2O. The van der Waals surface area contributed by atoms with Crippen LogP contribution in [0.4, 0.5) is 5.69 Å². The van der Waals surface area contributed by atoms with Crippen LogP contribution in [0.25, 0.3) is 0 Å². The van der Waals surface area contributed by atoms with Crippen LogP contribution in [0, 0.1) is 5.92 Å². The number of para-hydroxylation sites is 1. The van der Waals surface area contributed by atoms with Gasteiger partial charge in [0.2, 0.25) is 0 Å². The Balaban J connectivity index is 2.13. The van der Waals surface area contributed by atoms with Gasteiger partial charge in [0.1, 0.15) is 0 Å². The van der Waals surface area contributed by atoms with Gasteiger partial charge in [-0.15, -0.1) is 0 Å². The lowest BCUT2D eigenvalue weighted by Crippen LogP contribution is -2.10. The van der Waals surface area contributed by atoms with Gasteiger partial charge in [-0.3, -0.25) is 5.84 Å². The van der Waals surface area contributed by atoms with E-state index in [9.17, 15) is 0 Å². The topological polar surface area (TPSA) is 47.3 Å². The van der Waals surface area contributed by atoms with Gasteiger partial charge in [0.05, 0.1) is 12.3 Å². The minimum absolute atomic E-state index is 0.721. The molecule has 1 atom stereocenters. The van der Waals surface area contributed by atoms with E-state index in [-0.39, 0.29) is 0 Å². The first kappa shape index (κ1) is 17.7. The van der Waals surface area contributed by atoms with Gasteiger partial charge in [-0.1, -0.05) is 36.8 Å². The number of benzene rings is 1. The minimum atomic E-state index is 0.721. The molecule has 0 aliphatic rings. The van der Waals surface area contributed by atoms with Gasteiger partial charge in [0, 0.05) is 6.61 Å². The van der Waals surface area contributed by atoms with Crippen molar-refractivity contribution in [1.29, 1.82) is 0 Å². The molecule has 0 aromatic heterocycles. The molecule has 1 aromatic rings. The van der Waals surface area contributed by atoms with Crippen LogP contribution in [0.1, 0.15) is 45.6 Å². The number of nitrogens with one attached hydrogen (secondary N) is 1. The molecule has 3 nitrogen and oxygen atoms in total. The quantitative estimate of drug-likeness (QED) is 0.292. The maximum Gasteiger partial charge on any atom is 0.0517 e. The molecule has 0 fully saturated rings. The lowest BCUT2D eigenvalue weighted by molar-refractivity contribution is 0.123. The average Bonchev–Trinajstić information content (AvgIpc) is 2.47. The number of anilines is 1. The Kier molecular flexibility index (Phi) is 8.79. The van der Waals surface area contributed by atoms with Crippen molar-refractivity contribution < 1.29 is 4.74 Å². The summed E-state index contributed by atoms with van der Waals surface area (Å²) in [4.78, 5) is 0. The first-order valence-electron chi connectivity index (χ1n) is 7.89. The summed E-state index contributed by atoms with van der Waals surface area (Å²) in [6, 6.07) is 8.08. The zero-order chi connectivity index (χ0) is 15.5. The van der Waals surface area contributed by atoms with Crippen LogP contribution < -0.4 is 11.3 Å². The Morgan fingerprint density at radius 3 is 2.71 bits per heavy atom. The highest BCUT2D eigenvalue weighted by Crippen LogP contribution is 2.15. The molecule has 0 bridgehead atoms. The molecule has 0 aliphatic heterocycles. The largest absolute Gasteiger partial charge is 0.381 e. The van der Waals surface area contributed by atoms with Crippen molar-refractivity contribution in [3.63, 3.8) is 0 Å². The molecule has 1 unspecified atom stereocenters. The van der Waals surface area contributed by atoms with Crippen LogP contribution in [0.3, 0.4) is 0 Å². The summed E-state index contributed by atoms with van der Waals surface area (Å²) < 4.78 is 5.75. The van der Waals surface area contributed by atoms with Crippen LogP contribution in [0.15, 0.2) is 35.9 Å². The van der Waals surface area contributed by atoms with Crippen LogP contribution >= 0.6 is 0 Å². The van der Waals surface area contributed by atoms with E-state index in [1.165, 1.54) is 24.0 Å². The molecular weight excluding hydrogens is 260 g/mol. The average molecular weight is 290 g/mol. The fraction of sp³-hybridized carbons (Fsp3) is 0.556. The monoisotopic (exact) mass is 290 g/mol. The van der Waals surface area contributed by atoms with Crippen LogP contribution in [-0.4, -0.2) is 13.2 Å². The maximum atomic E-state index is 5.75. The second-order valence-electron chi connectivity index (χ2n) is 5.92. The molecule has 118 valence electrons. The molecule has 0 amide bonds. The summed E-state index contributed by atoms with van der Waals surface area (Å²) in [5.41, 5.74) is 6.32. The first-order chi connectivity index (χ1) is 10.1. The van der Waals surface area contributed by atoms with E-state index >= 15 is 0 Å². The molecule has 0 saturated heterocycles. The Hall–Kier alpha value is -1.32. The van der Waals surface area contributed by atoms with Gasteiger partial charge >= 0.3 is 0 Å². The summed E-state index contributed by atoms with van der Waals surface area (Å²) in [5, 5.41) is 0. The summed E-state index contributed by atoms with van der Waals surface area (Å²) in [6.07, 6.45) is 6.77. The van der Waals surface area contributed by atoms with Crippen molar-refractivity contribution in [2.24, 2.45) is 11.8 Å². The van der Waals surface area contributed by atoms with Gasteiger partial charge < -0.3 is 10.2 Å². The van der Waals surface area contributed by atoms with Gasteiger partial charge in [-0.2, -0.15) is 0 Å². The first-order valence-corrected chi connectivity index (χ1v) is 7.89. The van der Waals surface area contributed by atoms with Crippen molar-refractivity contribution in [2.75, 3.05) is 18.6 Å². The predicted octanol–water partition coefficient (Wildman–Crippen LogP) is 4.30. The number of allylic oxidation sites excluding steroid dienone is 2. The van der Waals surface area contributed by atoms with Crippen molar-refractivity contribution >= 4 is 5.69 Å². The summed E-state index contributed by atoms with van der Waals surface area (Å²) in [6.45, 7) is 8.20. The molecule has 0 spiro atoms. The molecule has 1 rings (SSSR count). The van der Waals surface area contributed by atoms with Gasteiger partial charge in [0.15, 0.2) is 0 Å². The van der Waals surface area contributed by atoms with Crippen molar-refractivity contribution in [3.8, 4) is 0 Å². The molecule has 3 heteroatoms. The molecule has 1 aromatic carbocycles. The van der Waals surface area contributed by atoms with E-state index < -0.39 is 0 Å². The van der Waals surface area contributed by atoms with E-state index in [1.807, 2.05) is 18.2 Å². The van der Waals surface area contributed by atoms with E-state index in [2.05, 4.69) is 38.3 Å². The SMILES string of the molecule is CC(C)=CCCC(C)CCOCCc1ccccc1NN. The third kappa shape index (κ3) is 7.88. The molecule has 3 N–H and O–H groups in total. The normalized spacial score (nSPS) is 12.0. The minimum Gasteiger partial charge on any atom is -0.381 e. The second-order valence-corrected chi connectivity index (χ2v) is 5.92. The van der Waals surface area contributed by atoms with Crippen molar-refractivity contribution in [3.05, 3.63) is 41.5 Å². The highest BCUT2D eigenvalue weighted by atomic mass is 16.5. The van der Waals surface area contributed by atoms with E-state index in [1.54, 1.807) is 0 Å². The fourth-order valence-corrected chi connectivity index (χ4v) is 2.25. The second kappa shape index (κ2) is 10.4. The number of nitrogens with two attached hydrogens (primary N) is 1. The molecule has 0 aliphatic carbocycles. The van der Waals surface area contributed by atoms with E-state index in [4.69, 9.17) is 10.6 Å². The van der Waals surface area contributed by atoms with Gasteiger partial charge in [0.25, 0.3) is 0 Å². The zero-order valence-corrected chi connectivity index (χ0v) is 13.7. The van der Waals surface area contributed by atoms with Crippen LogP contribution in [0.2, 0.25) is 0 Å². The zero-order valence-electron chi connectivity index (χ0n) is 13.7. The fourth-order valence-electron chi connectivity index (χ4n) is 2.25. The lowest BCUT2D eigenvalue weighted by Gasteiger charge is -2.12. The summed E-state index contributed by atoms with van der Waals surface area (Å²) in [7, 11) is 0. The maximum absolute atomic E-state index is 5.75. The Morgan fingerprint density at radius 1 is 1.24 bits per heavy atom. The summed E-state index contributed by atoms with van der Waals surface area (Å²) >= 11 is 0. The standard InChI is InChI=1S/C18H30N2O/c1-15(2)7-6-8-16(3)11-13-21-14-12-17-9-4-5-10-18(17)20-19/h4-5,7,9-10,16,20H,6,8,11-14,19H2,1-3H3. The van der Waals surface area contributed by atoms with Crippen LogP contribution in [-0.2, 0) is 11.2 Å². The smallest absolute Gasteiger partial charge is 0.0517 e. The summed E-state index contributed by atoms with van der Waals surface area (Å²) in [5.74, 6) is 6.21. The van der Waals surface area contributed by atoms with E-state index in [0.717, 1.165) is 37.7 Å². The predicted molar refractivity (Wildman–Crippen MR) is 91.2 cm³/mol. The third-order valence-electron chi connectivity index (χ3n) is 3.66. The van der Waals surface area contributed by atoms with E-state index in [0.29, 0.717) is 0 Å². The number of rotatable bonds is 10. The Labute approximate surface area is 129 Å². The molecule has 0 saturated carbocycles. The molecule has 0 heterocycles. The number of nitrogen functional groups attached to an aromatic ring is 1. The Morgan fingerprint density at radius 2 is 2.00 bits per heavy atom. The number of ether oxygens (including phenoxy) is 1. The van der Waals surface area contributed by atoms with Crippen molar-refractivity contribution in [2.45, 2.75) is 46.5 Å². The lowest BCUT2D eigenvalue weighted by atomic mass is 10.0. The van der Waals surface area contributed by atoms with Gasteiger partial charge in [-0.05, 0) is 57.1 Å². The number of hydrogen-bond donors (Lipinski definition) is 2. The number of hydrazine groups is 1. The Bertz CT molecular complexity index is 425.